The van der Waals surface area contributed by atoms with Gasteiger partial charge in [0.1, 0.15) is 11.9 Å². The molecule has 2 N–H and O–H groups in total. The zero-order valence-corrected chi connectivity index (χ0v) is 10.7. The minimum absolute atomic E-state index is 0.102. The van der Waals surface area contributed by atoms with Crippen LogP contribution in [-0.2, 0) is 10.3 Å². The molecule has 2 fully saturated rings. The van der Waals surface area contributed by atoms with E-state index in [0.717, 1.165) is 31.6 Å². The second kappa shape index (κ2) is 4.90. The Morgan fingerprint density at radius 1 is 1.17 bits per heavy atom. The van der Waals surface area contributed by atoms with Gasteiger partial charge in [-0.3, -0.25) is 0 Å². The van der Waals surface area contributed by atoms with Gasteiger partial charge in [0.05, 0.1) is 13.2 Å². The molecule has 0 amide bonds. The van der Waals surface area contributed by atoms with Crippen LogP contribution < -0.4 is 10.5 Å². The summed E-state index contributed by atoms with van der Waals surface area (Å²) in [6, 6.07) is 8.33. The van der Waals surface area contributed by atoms with Crippen molar-refractivity contribution >= 4 is 0 Å². The lowest BCUT2D eigenvalue weighted by Gasteiger charge is -2.24. The van der Waals surface area contributed by atoms with Crippen LogP contribution in [0.15, 0.2) is 24.3 Å². The van der Waals surface area contributed by atoms with Gasteiger partial charge in [0.2, 0.25) is 0 Å². The largest absolute Gasteiger partial charge is 0.488 e. The van der Waals surface area contributed by atoms with Crippen LogP contribution in [0.5, 0.6) is 5.75 Å². The SMILES string of the molecule is NC1(c2ccc(OC3CCOC3)cc2)CCCC1. The molecule has 1 atom stereocenters. The van der Waals surface area contributed by atoms with Crippen LogP contribution in [0, 0.1) is 0 Å². The maximum atomic E-state index is 6.43. The summed E-state index contributed by atoms with van der Waals surface area (Å²) in [6.45, 7) is 1.53. The minimum Gasteiger partial charge on any atom is -0.488 e. The fourth-order valence-corrected chi connectivity index (χ4v) is 2.96. The highest BCUT2D eigenvalue weighted by Crippen LogP contribution is 2.36. The summed E-state index contributed by atoms with van der Waals surface area (Å²) < 4.78 is 11.2. The molecule has 1 aliphatic heterocycles. The predicted molar refractivity (Wildman–Crippen MR) is 70.6 cm³/mol. The van der Waals surface area contributed by atoms with Crippen LogP contribution in [-0.4, -0.2) is 19.3 Å². The molecule has 1 unspecified atom stereocenters. The molecule has 0 spiro atoms. The van der Waals surface area contributed by atoms with E-state index in [9.17, 15) is 0 Å². The Kier molecular flexibility index (Phi) is 3.27. The number of nitrogens with two attached hydrogens (primary N) is 1. The van der Waals surface area contributed by atoms with Crippen molar-refractivity contribution in [2.24, 2.45) is 5.73 Å². The lowest BCUT2D eigenvalue weighted by atomic mass is 9.89. The molecule has 18 heavy (non-hydrogen) atoms. The molecule has 0 aromatic heterocycles. The van der Waals surface area contributed by atoms with Crippen molar-refractivity contribution in [1.29, 1.82) is 0 Å². The highest BCUT2D eigenvalue weighted by atomic mass is 16.5. The Bertz CT molecular complexity index is 389. The third kappa shape index (κ3) is 2.38. The third-order valence-electron chi connectivity index (χ3n) is 4.12. The summed E-state index contributed by atoms with van der Waals surface area (Å²) in [5.41, 5.74) is 7.58. The lowest BCUT2D eigenvalue weighted by molar-refractivity contribution is 0.141. The quantitative estimate of drug-likeness (QED) is 0.893. The van der Waals surface area contributed by atoms with Crippen molar-refractivity contribution in [3.63, 3.8) is 0 Å². The van der Waals surface area contributed by atoms with Crippen molar-refractivity contribution in [3.05, 3.63) is 29.8 Å². The van der Waals surface area contributed by atoms with Gasteiger partial charge < -0.3 is 15.2 Å². The highest BCUT2D eigenvalue weighted by molar-refractivity contribution is 5.32. The summed E-state index contributed by atoms with van der Waals surface area (Å²) in [4.78, 5) is 0. The molecule has 0 radical (unpaired) electrons. The normalized spacial score (nSPS) is 26.4. The molecule has 0 bridgehead atoms. The summed E-state index contributed by atoms with van der Waals surface area (Å²) >= 11 is 0. The number of hydrogen-bond acceptors (Lipinski definition) is 3. The van der Waals surface area contributed by atoms with Gasteiger partial charge in [-0.25, -0.2) is 0 Å². The van der Waals surface area contributed by atoms with Crippen LogP contribution in [0.1, 0.15) is 37.7 Å². The van der Waals surface area contributed by atoms with Crippen molar-refractivity contribution in [2.45, 2.75) is 43.7 Å². The Hall–Kier alpha value is -1.06. The second-order valence-corrected chi connectivity index (χ2v) is 5.49. The molecule has 1 saturated carbocycles. The summed E-state index contributed by atoms with van der Waals surface area (Å²) in [7, 11) is 0. The standard InChI is InChI=1S/C15H21NO2/c16-15(8-1-2-9-15)12-3-5-13(6-4-12)18-14-7-10-17-11-14/h3-6,14H,1-2,7-11,16H2. The van der Waals surface area contributed by atoms with E-state index in [1.807, 2.05) is 12.1 Å². The first-order valence-corrected chi connectivity index (χ1v) is 6.90. The van der Waals surface area contributed by atoms with Crippen LogP contribution in [0.2, 0.25) is 0 Å². The van der Waals surface area contributed by atoms with Gasteiger partial charge in [0, 0.05) is 12.0 Å². The molecule has 3 rings (SSSR count). The average Bonchev–Trinajstić information content (AvgIpc) is 3.03. The van der Waals surface area contributed by atoms with Crippen molar-refractivity contribution in [1.82, 2.24) is 0 Å². The van der Waals surface area contributed by atoms with Gasteiger partial charge in [0.15, 0.2) is 0 Å². The number of rotatable bonds is 3. The summed E-state index contributed by atoms with van der Waals surface area (Å²) in [5.74, 6) is 0.927. The van der Waals surface area contributed by atoms with E-state index in [-0.39, 0.29) is 11.6 Å². The van der Waals surface area contributed by atoms with Gasteiger partial charge in [-0.1, -0.05) is 25.0 Å². The number of hydrogen-bond donors (Lipinski definition) is 1. The molecule has 2 aliphatic rings. The zero-order valence-electron chi connectivity index (χ0n) is 10.7. The van der Waals surface area contributed by atoms with Crippen molar-refractivity contribution in [3.8, 4) is 5.75 Å². The maximum Gasteiger partial charge on any atom is 0.124 e. The van der Waals surface area contributed by atoms with Crippen LogP contribution in [0.4, 0.5) is 0 Å². The summed E-state index contributed by atoms with van der Waals surface area (Å²) in [5, 5.41) is 0. The molecule has 1 heterocycles. The molecular weight excluding hydrogens is 226 g/mol. The highest BCUT2D eigenvalue weighted by Gasteiger charge is 2.31. The molecule has 3 nitrogen and oxygen atoms in total. The molecular formula is C15H21NO2. The van der Waals surface area contributed by atoms with E-state index in [4.69, 9.17) is 15.2 Å². The molecule has 1 aromatic rings. The number of benzene rings is 1. The Morgan fingerprint density at radius 2 is 1.89 bits per heavy atom. The van der Waals surface area contributed by atoms with Crippen molar-refractivity contribution in [2.75, 3.05) is 13.2 Å². The summed E-state index contributed by atoms with van der Waals surface area (Å²) in [6.07, 6.45) is 5.90. The third-order valence-corrected chi connectivity index (χ3v) is 4.12. The molecule has 1 aliphatic carbocycles. The van der Waals surface area contributed by atoms with E-state index in [1.165, 1.54) is 18.4 Å². The van der Waals surface area contributed by atoms with Crippen LogP contribution in [0.3, 0.4) is 0 Å². The van der Waals surface area contributed by atoms with Crippen molar-refractivity contribution < 1.29 is 9.47 Å². The molecule has 1 aromatic carbocycles. The lowest BCUT2D eigenvalue weighted by Crippen LogP contribution is -2.32. The Morgan fingerprint density at radius 3 is 2.50 bits per heavy atom. The van der Waals surface area contributed by atoms with E-state index in [1.54, 1.807) is 0 Å². The van der Waals surface area contributed by atoms with E-state index >= 15 is 0 Å². The average molecular weight is 247 g/mol. The monoisotopic (exact) mass is 247 g/mol. The predicted octanol–water partition coefficient (Wildman–Crippen LogP) is 2.58. The first kappa shape index (κ1) is 12.0. The van der Waals surface area contributed by atoms with E-state index in [2.05, 4.69) is 12.1 Å². The smallest absolute Gasteiger partial charge is 0.124 e. The second-order valence-electron chi connectivity index (χ2n) is 5.49. The Labute approximate surface area is 108 Å². The minimum atomic E-state index is -0.102. The topological polar surface area (TPSA) is 44.5 Å². The Balaban J connectivity index is 1.68. The van der Waals surface area contributed by atoms with E-state index < -0.39 is 0 Å². The molecule has 98 valence electrons. The van der Waals surface area contributed by atoms with Gasteiger partial charge in [-0.05, 0) is 30.5 Å². The van der Waals surface area contributed by atoms with Gasteiger partial charge in [-0.2, -0.15) is 0 Å². The van der Waals surface area contributed by atoms with Crippen LogP contribution >= 0.6 is 0 Å². The fourth-order valence-electron chi connectivity index (χ4n) is 2.96. The van der Waals surface area contributed by atoms with Gasteiger partial charge in [-0.15, -0.1) is 0 Å². The number of ether oxygens (including phenoxy) is 2. The first-order valence-electron chi connectivity index (χ1n) is 6.90. The van der Waals surface area contributed by atoms with E-state index in [0.29, 0.717) is 6.61 Å². The maximum absolute atomic E-state index is 6.43. The van der Waals surface area contributed by atoms with Gasteiger partial charge in [0.25, 0.3) is 0 Å². The zero-order chi connectivity index (χ0) is 12.4. The first-order chi connectivity index (χ1) is 8.76. The van der Waals surface area contributed by atoms with Crippen LogP contribution in [0.25, 0.3) is 0 Å². The fraction of sp³-hybridized carbons (Fsp3) is 0.600. The molecule has 1 saturated heterocycles. The van der Waals surface area contributed by atoms with Gasteiger partial charge >= 0.3 is 0 Å². The molecule has 3 heteroatoms.